The second kappa shape index (κ2) is 6.65. The van der Waals surface area contributed by atoms with Crippen molar-refractivity contribution in [2.24, 2.45) is 0 Å². The molecule has 0 bridgehead atoms. The van der Waals surface area contributed by atoms with Crippen molar-refractivity contribution in [2.45, 2.75) is 20.3 Å². The third-order valence-electron chi connectivity index (χ3n) is 2.83. The van der Waals surface area contributed by atoms with Crippen LogP contribution >= 0.6 is 0 Å². The number of pyridine rings is 2. The molecule has 0 saturated carbocycles. The average Bonchev–Trinajstić information content (AvgIpc) is 2.48. The number of hydrogen-bond acceptors (Lipinski definition) is 4. The molecule has 1 amide bonds. The van der Waals surface area contributed by atoms with E-state index in [2.05, 4.69) is 27.5 Å². The third-order valence-corrected chi connectivity index (χ3v) is 2.83. The van der Waals surface area contributed by atoms with Gasteiger partial charge in [0, 0.05) is 24.5 Å². The topological polar surface area (TPSA) is 66.9 Å². The first-order valence-corrected chi connectivity index (χ1v) is 6.63. The molecule has 104 valence electrons. The van der Waals surface area contributed by atoms with Crippen LogP contribution < -0.4 is 10.6 Å². The second-order valence-corrected chi connectivity index (χ2v) is 4.45. The first kappa shape index (κ1) is 14.0. The van der Waals surface area contributed by atoms with Gasteiger partial charge in [0.15, 0.2) is 0 Å². The number of nitrogens with one attached hydrogen (secondary N) is 2. The number of carbonyl (C=O) groups is 1. The van der Waals surface area contributed by atoms with Gasteiger partial charge in [0.2, 0.25) is 0 Å². The summed E-state index contributed by atoms with van der Waals surface area (Å²) >= 11 is 0. The van der Waals surface area contributed by atoms with Crippen molar-refractivity contribution in [3.8, 4) is 0 Å². The summed E-state index contributed by atoms with van der Waals surface area (Å²) in [6, 6.07) is 7.07. The van der Waals surface area contributed by atoms with Crippen LogP contribution in [0.5, 0.6) is 0 Å². The lowest BCUT2D eigenvalue weighted by Gasteiger charge is -2.09. The van der Waals surface area contributed by atoms with Gasteiger partial charge < -0.3 is 10.6 Å². The molecule has 0 unspecified atom stereocenters. The monoisotopic (exact) mass is 270 g/mol. The summed E-state index contributed by atoms with van der Waals surface area (Å²) in [5, 5.41) is 6.01. The van der Waals surface area contributed by atoms with Gasteiger partial charge in [0.1, 0.15) is 5.82 Å². The number of amides is 1. The molecule has 0 fully saturated rings. The number of aromatic nitrogens is 2. The first-order valence-electron chi connectivity index (χ1n) is 6.63. The quantitative estimate of drug-likeness (QED) is 0.876. The predicted molar refractivity (Wildman–Crippen MR) is 79.9 cm³/mol. The summed E-state index contributed by atoms with van der Waals surface area (Å²) in [6.45, 7) is 4.77. The van der Waals surface area contributed by atoms with Crippen LogP contribution in [0, 0.1) is 6.92 Å². The number of rotatable bonds is 5. The number of aryl methyl sites for hydroxylation is 1. The van der Waals surface area contributed by atoms with Crippen molar-refractivity contribution in [3.63, 3.8) is 0 Å². The van der Waals surface area contributed by atoms with Crippen molar-refractivity contribution < 1.29 is 4.79 Å². The standard InChI is InChI=1S/C15H18N4O/c1-3-7-17-14-10-12(6-9-18-14)15(20)19-13-5-4-8-16-11(13)2/h4-6,8-10H,3,7H2,1-2H3,(H,17,18)(H,19,20). The van der Waals surface area contributed by atoms with Crippen LogP contribution in [0.25, 0.3) is 0 Å². The van der Waals surface area contributed by atoms with Crippen LogP contribution in [-0.2, 0) is 0 Å². The maximum Gasteiger partial charge on any atom is 0.255 e. The summed E-state index contributed by atoms with van der Waals surface area (Å²) in [4.78, 5) is 20.5. The van der Waals surface area contributed by atoms with E-state index in [4.69, 9.17) is 0 Å². The Hall–Kier alpha value is -2.43. The second-order valence-electron chi connectivity index (χ2n) is 4.45. The molecule has 2 heterocycles. The molecule has 0 spiro atoms. The van der Waals surface area contributed by atoms with Gasteiger partial charge in [0.05, 0.1) is 11.4 Å². The highest BCUT2D eigenvalue weighted by molar-refractivity contribution is 6.04. The normalized spacial score (nSPS) is 10.1. The fourth-order valence-corrected chi connectivity index (χ4v) is 1.73. The highest BCUT2D eigenvalue weighted by Crippen LogP contribution is 2.13. The van der Waals surface area contributed by atoms with Gasteiger partial charge in [-0.05, 0) is 37.6 Å². The smallest absolute Gasteiger partial charge is 0.255 e. The van der Waals surface area contributed by atoms with Gasteiger partial charge in [-0.2, -0.15) is 0 Å². The van der Waals surface area contributed by atoms with Crippen molar-refractivity contribution in [2.75, 3.05) is 17.2 Å². The maximum absolute atomic E-state index is 12.2. The zero-order chi connectivity index (χ0) is 14.4. The zero-order valence-corrected chi connectivity index (χ0v) is 11.7. The minimum Gasteiger partial charge on any atom is -0.370 e. The van der Waals surface area contributed by atoms with E-state index in [1.807, 2.05) is 13.0 Å². The summed E-state index contributed by atoms with van der Waals surface area (Å²) in [5.41, 5.74) is 2.08. The van der Waals surface area contributed by atoms with Crippen LogP contribution in [-0.4, -0.2) is 22.4 Å². The van der Waals surface area contributed by atoms with Crippen LogP contribution in [0.2, 0.25) is 0 Å². The molecule has 5 nitrogen and oxygen atoms in total. The van der Waals surface area contributed by atoms with Crippen LogP contribution in [0.4, 0.5) is 11.5 Å². The molecule has 5 heteroatoms. The summed E-state index contributed by atoms with van der Waals surface area (Å²) in [7, 11) is 0. The molecule has 20 heavy (non-hydrogen) atoms. The molecule has 2 aromatic rings. The largest absolute Gasteiger partial charge is 0.370 e. The molecule has 0 radical (unpaired) electrons. The van der Waals surface area contributed by atoms with E-state index in [-0.39, 0.29) is 5.91 Å². The molecule has 2 N–H and O–H groups in total. The van der Waals surface area contributed by atoms with Gasteiger partial charge in [-0.25, -0.2) is 4.98 Å². The Bertz CT molecular complexity index is 598. The lowest BCUT2D eigenvalue weighted by molar-refractivity contribution is 0.102. The molecule has 0 aromatic carbocycles. The number of anilines is 2. The minimum absolute atomic E-state index is 0.164. The summed E-state index contributed by atoms with van der Waals surface area (Å²) in [5.74, 6) is 0.547. The SMILES string of the molecule is CCCNc1cc(C(=O)Nc2cccnc2C)ccn1. The van der Waals surface area contributed by atoms with Gasteiger partial charge in [0.25, 0.3) is 5.91 Å². The van der Waals surface area contributed by atoms with Crippen LogP contribution in [0.15, 0.2) is 36.7 Å². The number of nitrogens with zero attached hydrogens (tertiary/aromatic N) is 2. The Labute approximate surface area is 118 Å². The van der Waals surface area contributed by atoms with Crippen molar-refractivity contribution in [3.05, 3.63) is 47.9 Å². The van der Waals surface area contributed by atoms with Gasteiger partial charge in [-0.1, -0.05) is 6.92 Å². The van der Waals surface area contributed by atoms with E-state index in [1.54, 1.807) is 30.6 Å². The van der Waals surface area contributed by atoms with Crippen LogP contribution in [0.1, 0.15) is 29.4 Å². The van der Waals surface area contributed by atoms with E-state index < -0.39 is 0 Å². The molecular formula is C15H18N4O. The fraction of sp³-hybridized carbons (Fsp3) is 0.267. The molecule has 0 saturated heterocycles. The van der Waals surface area contributed by atoms with E-state index >= 15 is 0 Å². The molecule has 0 aliphatic heterocycles. The van der Waals surface area contributed by atoms with Gasteiger partial charge in [-0.3, -0.25) is 9.78 Å². The first-order chi connectivity index (χ1) is 9.70. The molecule has 0 atom stereocenters. The minimum atomic E-state index is -0.164. The van der Waals surface area contributed by atoms with E-state index in [9.17, 15) is 4.79 Å². The Morgan fingerprint density at radius 2 is 2.10 bits per heavy atom. The highest BCUT2D eigenvalue weighted by Gasteiger charge is 2.08. The molecule has 0 aliphatic rings. The van der Waals surface area contributed by atoms with Gasteiger partial charge >= 0.3 is 0 Å². The Morgan fingerprint density at radius 3 is 2.85 bits per heavy atom. The Kier molecular flexibility index (Phi) is 4.65. The molecule has 0 aliphatic carbocycles. The van der Waals surface area contributed by atoms with Crippen molar-refractivity contribution >= 4 is 17.4 Å². The summed E-state index contributed by atoms with van der Waals surface area (Å²) < 4.78 is 0. The third kappa shape index (κ3) is 3.54. The predicted octanol–water partition coefficient (Wildman–Crippen LogP) is 2.86. The molecule has 2 rings (SSSR count). The lowest BCUT2D eigenvalue weighted by atomic mass is 10.2. The van der Waals surface area contributed by atoms with Crippen LogP contribution in [0.3, 0.4) is 0 Å². The van der Waals surface area contributed by atoms with Crippen molar-refractivity contribution in [1.29, 1.82) is 0 Å². The Balaban J connectivity index is 2.11. The lowest BCUT2D eigenvalue weighted by Crippen LogP contribution is -2.14. The molecule has 2 aromatic heterocycles. The van der Waals surface area contributed by atoms with Crippen molar-refractivity contribution in [1.82, 2.24) is 9.97 Å². The number of carbonyl (C=O) groups excluding carboxylic acids is 1. The average molecular weight is 270 g/mol. The van der Waals surface area contributed by atoms with E-state index in [1.165, 1.54) is 0 Å². The zero-order valence-electron chi connectivity index (χ0n) is 11.7. The fourth-order valence-electron chi connectivity index (χ4n) is 1.73. The van der Waals surface area contributed by atoms with Gasteiger partial charge in [-0.15, -0.1) is 0 Å². The molecular weight excluding hydrogens is 252 g/mol. The Morgan fingerprint density at radius 1 is 1.25 bits per heavy atom. The summed E-state index contributed by atoms with van der Waals surface area (Å²) in [6.07, 6.45) is 4.33. The van der Waals surface area contributed by atoms with E-state index in [0.29, 0.717) is 11.4 Å². The highest BCUT2D eigenvalue weighted by atomic mass is 16.1. The number of hydrogen-bond donors (Lipinski definition) is 2. The van der Waals surface area contributed by atoms with E-state index in [0.717, 1.165) is 24.3 Å². The maximum atomic E-state index is 12.2.